The normalized spacial score (nSPS) is 38.3. The Morgan fingerprint density at radius 1 is 1.67 bits per heavy atom. The largest absolute Gasteiger partial charge is 0.369 e. The summed E-state index contributed by atoms with van der Waals surface area (Å²) in [6.45, 7) is 0. The summed E-state index contributed by atoms with van der Waals surface area (Å²) in [5.41, 5.74) is 0.897. The maximum Gasteiger partial charge on any atom is 0.0944 e. The maximum absolute atomic E-state index is 8.45. The summed E-state index contributed by atoms with van der Waals surface area (Å²) in [5, 5.41) is 8.45. The van der Waals surface area contributed by atoms with E-state index in [1.54, 1.807) is 0 Å². The van der Waals surface area contributed by atoms with Crippen LogP contribution in [0.3, 0.4) is 0 Å². The molecule has 0 aromatic rings. The molecule has 0 radical (unpaired) electrons. The molecule has 1 heterocycles. The van der Waals surface area contributed by atoms with Crippen LogP contribution < -0.4 is 0 Å². The van der Waals surface area contributed by atoms with Crippen LogP contribution in [-0.4, -0.2) is 12.2 Å². The Hall–Kier alpha value is -0.810. The van der Waals surface area contributed by atoms with E-state index in [1.165, 1.54) is 0 Å². The summed E-state index contributed by atoms with van der Waals surface area (Å²) in [4.78, 5) is 0. The first kappa shape index (κ1) is 5.01. The van der Waals surface area contributed by atoms with Gasteiger partial charge in [-0.2, -0.15) is 5.26 Å². The second kappa shape index (κ2) is 1.58. The molecule has 2 atom stereocenters. The highest BCUT2D eigenvalue weighted by Gasteiger charge is 2.40. The zero-order chi connectivity index (χ0) is 6.27. The van der Waals surface area contributed by atoms with Crippen molar-refractivity contribution in [3.63, 3.8) is 0 Å². The van der Waals surface area contributed by atoms with Gasteiger partial charge in [0.15, 0.2) is 0 Å². The molecular weight excluding hydrogens is 114 g/mol. The van der Waals surface area contributed by atoms with Crippen LogP contribution in [0, 0.1) is 11.3 Å². The number of nitriles is 1. The molecule has 0 spiro atoms. The quantitative estimate of drug-likeness (QED) is 0.448. The lowest BCUT2D eigenvalue weighted by atomic mass is 10.0. The van der Waals surface area contributed by atoms with Gasteiger partial charge in [0.2, 0.25) is 0 Å². The molecule has 1 fully saturated rings. The predicted molar refractivity (Wildman–Crippen MR) is 31.6 cm³/mol. The summed E-state index contributed by atoms with van der Waals surface area (Å²) in [6, 6.07) is 2.14. The fourth-order valence-electron chi connectivity index (χ4n) is 1.22. The van der Waals surface area contributed by atoms with E-state index in [-0.39, 0.29) is 0 Å². The molecule has 1 saturated heterocycles. The number of nitrogens with zero attached hydrogens (tertiary/aromatic N) is 1. The molecule has 2 nitrogen and oxygen atoms in total. The highest BCUT2D eigenvalue weighted by atomic mass is 16.6. The minimum Gasteiger partial charge on any atom is -0.369 e. The van der Waals surface area contributed by atoms with Crippen molar-refractivity contribution < 1.29 is 4.74 Å². The van der Waals surface area contributed by atoms with Gasteiger partial charge in [-0.25, -0.2) is 0 Å². The molecule has 0 aromatic heterocycles. The molecule has 2 rings (SSSR count). The lowest BCUT2D eigenvalue weighted by Crippen LogP contribution is -2.00. The van der Waals surface area contributed by atoms with Gasteiger partial charge in [-0.1, -0.05) is 6.08 Å². The van der Waals surface area contributed by atoms with Crippen molar-refractivity contribution in [2.75, 3.05) is 0 Å². The molecule has 0 N–H and O–H groups in total. The molecule has 2 unspecified atom stereocenters. The van der Waals surface area contributed by atoms with Crippen molar-refractivity contribution >= 4 is 0 Å². The van der Waals surface area contributed by atoms with Gasteiger partial charge in [0.05, 0.1) is 18.3 Å². The molecular formula is C7H7NO. The predicted octanol–water partition coefficient (Wildman–Crippen LogP) is 0.998. The van der Waals surface area contributed by atoms with Crippen LogP contribution in [0.15, 0.2) is 11.6 Å². The second-order valence-corrected chi connectivity index (χ2v) is 2.49. The van der Waals surface area contributed by atoms with Crippen LogP contribution in [-0.2, 0) is 4.74 Å². The third kappa shape index (κ3) is 0.739. The van der Waals surface area contributed by atoms with Crippen LogP contribution in [0.1, 0.15) is 12.8 Å². The number of hydrogen-bond donors (Lipinski definition) is 0. The van der Waals surface area contributed by atoms with E-state index in [4.69, 9.17) is 10.00 Å². The number of rotatable bonds is 0. The molecule has 0 bridgehead atoms. The van der Waals surface area contributed by atoms with Gasteiger partial charge in [0.25, 0.3) is 0 Å². The molecule has 1 aliphatic carbocycles. The Morgan fingerprint density at radius 2 is 2.56 bits per heavy atom. The number of hydrogen-bond acceptors (Lipinski definition) is 2. The molecule has 46 valence electrons. The minimum absolute atomic E-state index is 0.393. The summed E-state index contributed by atoms with van der Waals surface area (Å²) in [6.07, 6.45) is 4.63. The Kier molecular flexibility index (Phi) is 0.882. The summed E-state index contributed by atoms with van der Waals surface area (Å²) < 4.78 is 5.21. The molecule has 9 heavy (non-hydrogen) atoms. The van der Waals surface area contributed by atoms with Gasteiger partial charge in [0, 0.05) is 12.0 Å². The van der Waals surface area contributed by atoms with Crippen molar-refractivity contribution in [1.29, 1.82) is 5.26 Å². The van der Waals surface area contributed by atoms with E-state index < -0.39 is 0 Å². The highest BCUT2D eigenvalue weighted by Crippen LogP contribution is 2.35. The SMILES string of the molecule is N#CC1=CCC2OC2C1. The Bertz CT molecular complexity index is 201. The summed E-state index contributed by atoms with van der Waals surface area (Å²) >= 11 is 0. The Labute approximate surface area is 53.7 Å². The maximum atomic E-state index is 8.45. The lowest BCUT2D eigenvalue weighted by Gasteiger charge is -1.98. The van der Waals surface area contributed by atoms with Gasteiger partial charge >= 0.3 is 0 Å². The van der Waals surface area contributed by atoms with Crippen molar-refractivity contribution in [2.24, 2.45) is 0 Å². The van der Waals surface area contributed by atoms with E-state index in [0.717, 1.165) is 18.4 Å². The van der Waals surface area contributed by atoms with Crippen LogP contribution in [0.5, 0.6) is 0 Å². The average Bonchev–Trinajstić information content (AvgIpc) is 2.64. The van der Waals surface area contributed by atoms with Crippen LogP contribution in [0.2, 0.25) is 0 Å². The second-order valence-electron chi connectivity index (χ2n) is 2.49. The van der Waals surface area contributed by atoms with Gasteiger partial charge in [-0.15, -0.1) is 0 Å². The molecule has 0 amide bonds. The van der Waals surface area contributed by atoms with E-state index in [1.807, 2.05) is 6.08 Å². The van der Waals surface area contributed by atoms with Crippen molar-refractivity contribution in [3.8, 4) is 6.07 Å². The van der Waals surface area contributed by atoms with Gasteiger partial charge in [0.1, 0.15) is 0 Å². The monoisotopic (exact) mass is 121 g/mol. The first-order valence-corrected chi connectivity index (χ1v) is 3.15. The van der Waals surface area contributed by atoms with Crippen molar-refractivity contribution in [2.45, 2.75) is 25.0 Å². The van der Waals surface area contributed by atoms with Crippen molar-refractivity contribution in [1.82, 2.24) is 0 Å². The summed E-state index contributed by atoms with van der Waals surface area (Å²) in [5.74, 6) is 0. The Balaban J connectivity index is 2.12. The molecule has 0 aromatic carbocycles. The third-order valence-corrected chi connectivity index (χ3v) is 1.85. The highest BCUT2D eigenvalue weighted by molar-refractivity contribution is 5.26. The number of fused-ring (bicyclic) bond motifs is 1. The third-order valence-electron chi connectivity index (χ3n) is 1.85. The average molecular weight is 121 g/mol. The summed E-state index contributed by atoms with van der Waals surface area (Å²) in [7, 11) is 0. The van der Waals surface area contributed by atoms with E-state index in [0.29, 0.717) is 12.2 Å². The van der Waals surface area contributed by atoms with Crippen LogP contribution in [0.25, 0.3) is 0 Å². The van der Waals surface area contributed by atoms with Crippen molar-refractivity contribution in [3.05, 3.63) is 11.6 Å². The van der Waals surface area contributed by atoms with E-state index in [9.17, 15) is 0 Å². The zero-order valence-corrected chi connectivity index (χ0v) is 5.00. The van der Waals surface area contributed by atoms with Gasteiger partial charge in [-0.3, -0.25) is 0 Å². The van der Waals surface area contributed by atoms with Gasteiger partial charge < -0.3 is 4.74 Å². The molecule has 0 saturated carbocycles. The van der Waals surface area contributed by atoms with E-state index >= 15 is 0 Å². The topological polar surface area (TPSA) is 36.3 Å². The smallest absolute Gasteiger partial charge is 0.0944 e. The molecule has 1 aliphatic heterocycles. The Morgan fingerprint density at radius 3 is 3.22 bits per heavy atom. The first-order valence-electron chi connectivity index (χ1n) is 3.15. The standard InChI is InChI=1S/C7H7NO/c8-4-5-1-2-6-7(3-5)9-6/h1,6-7H,2-3H2. The first-order chi connectivity index (χ1) is 4.40. The number of epoxide rings is 1. The van der Waals surface area contributed by atoms with E-state index in [2.05, 4.69) is 6.07 Å². The zero-order valence-electron chi connectivity index (χ0n) is 5.00. The minimum atomic E-state index is 0.393. The molecule has 2 aliphatic rings. The number of ether oxygens (including phenoxy) is 1. The lowest BCUT2D eigenvalue weighted by molar-refractivity contribution is 0.375. The fraction of sp³-hybridized carbons (Fsp3) is 0.571. The van der Waals surface area contributed by atoms with Crippen LogP contribution in [0.4, 0.5) is 0 Å². The van der Waals surface area contributed by atoms with Crippen LogP contribution >= 0.6 is 0 Å². The van der Waals surface area contributed by atoms with Gasteiger partial charge in [-0.05, 0) is 6.42 Å². The fourth-order valence-corrected chi connectivity index (χ4v) is 1.22. The molecule has 2 heteroatoms.